The minimum absolute atomic E-state index is 0.161. The fourth-order valence-electron chi connectivity index (χ4n) is 4.55. The lowest BCUT2D eigenvalue weighted by molar-refractivity contribution is -0.116. The molecule has 1 aromatic rings. The number of ether oxygens (including phenoxy) is 1. The van der Waals surface area contributed by atoms with E-state index in [1.165, 1.54) is 49.8 Å². The standard InChI is InChI=1S/C27H38N2O4/c1-27(2,3)33-26(32)29-17-15-20(16-18-29)19-28-25(31)14-13-24(30)23-11-9-22(10-12-23)21-7-5-4-6-8-21/h9-14,20-21H,4-8,15-19H2,1-3H3,(H,28,31)/b14-13+. The van der Waals surface area contributed by atoms with Gasteiger partial charge in [0.2, 0.25) is 5.91 Å². The van der Waals surface area contributed by atoms with Crippen molar-refractivity contribution in [3.05, 3.63) is 47.5 Å². The number of allylic oxidation sites excluding steroid dienone is 1. The molecule has 1 aliphatic heterocycles. The van der Waals surface area contributed by atoms with Gasteiger partial charge >= 0.3 is 6.09 Å². The Bertz CT molecular complexity index is 840. The normalized spacial score (nSPS) is 18.3. The Morgan fingerprint density at radius 3 is 2.21 bits per heavy atom. The molecule has 1 N–H and O–H groups in total. The van der Waals surface area contributed by atoms with E-state index >= 15 is 0 Å². The molecule has 33 heavy (non-hydrogen) atoms. The van der Waals surface area contributed by atoms with E-state index in [-0.39, 0.29) is 17.8 Å². The first-order chi connectivity index (χ1) is 15.7. The molecule has 0 atom stereocenters. The largest absolute Gasteiger partial charge is 0.444 e. The van der Waals surface area contributed by atoms with Crippen molar-refractivity contribution in [1.82, 2.24) is 10.2 Å². The second kappa shape index (κ2) is 11.5. The molecule has 0 spiro atoms. The summed E-state index contributed by atoms with van der Waals surface area (Å²) < 4.78 is 5.41. The van der Waals surface area contributed by atoms with Crippen molar-refractivity contribution in [2.24, 2.45) is 5.92 Å². The van der Waals surface area contributed by atoms with Crippen molar-refractivity contribution in [2.45, 2.75) is 77.2 Å². The van der Waals surface area contributed by atoms with E-state index in [1.807, 2.05) is 32.9 Å². The molecule has 2 aliphatic rings. The number of piperidine rings is 1. The molecule has 6 heteroatoms. The number of hydrogen-bond acceptors (Lipinski definition) is 4. The molecule has 0 unspecified atom stereocenters. The SMILES string of the molecule is CC(C)(C)OC(=O)N1CCC(CNC(=O)/C=C/C(=O)c2ccc(C3CCCCC3)cc2)CC1. The summed E-state index contributed by atoms with van der Waals surface area (Å²) in [7, 11) is 0. The summed E-state index contributed by atoms with van der Waals surface area (Å²) in [6, 6.07) is 7.85. The van der Waals surface area contributed by atoms with Gasteiger partial charge < -0.3 is 15.0 Å². The third-order valence-corrected chi connectivity index (χ3v) is 6.49. The van der Waals surface area contributed by atoms with Crippen LogP contribution in [0.2, 0.25) is 0 Å². The van der Waals surface area contributed by atoms with Gasteiger partial charge in [0, 0.05) is 31.3 Å². The van der Waals surface area contributed by atoms with Crippen molar-refractivity contribution in [2.75, 3.05) is 19.6 Å². The minimum Gasteiger partial charge on any atom is -0.444 e. The van der Waals surface area contributed by atoms with E-state index in [1.54, 1.807) is 4.90 Å². The number of likely N-dealkylation sites (tertiary alicyclic amines) is 1. The molecule has 2 amide bonds. The Kier molecular flexibility index (Phi) is 8.70. The lowest BCUT2D eigenvalue weighted by Gasteiger charge is -2.33. The lowest BCUT2D eigenvalue weighted by atomic mass is 9.84. The molecule has 0 aromatic heterocycles. The molecule has 1 aromatic carbocycles. The number of hydrogen-bond donors (Lipinski definition) is 1. The van der Waals surface area contributed by atoms with E-state index in [0.717, 1.165) is 12.8 Å². The van der Waals surface area contributed by atoms with Crippen molar-refractivity contribution in [1.29, 1.82) is 0 Å². The molecule has 1 aliphatic carbocycles. The number of amides is 2. The summed E-state index contributed by atoms with van der Waals surface area (Å²) in [5.41, 5.74) is 1.42. The van der Waals surface area contributed by atoms with Gasteiger partial charge in [0.05, 0.1) is 0 Å². The van der Waals surface area contributed by atoms with Crippen molar-refractivity contribution in [3.63, 3.8) is 0 Å². The van der Waals surface area contributed by atoms with Crippen LogP contribution in [0.25, 0.3) is 0 Å². The molecule has 1 heterocycles. The smallest absolute Gasteiger partial charge is 0.410 e. The number of carbonyl (C=O) groups is 3. The van der Waals surface area contributed by atoms with Gasteiger partial charge in [-0.3, -0.25) is 9.59 Å². The van der Waals surface area contributed by atoms with Crippen LogP contribution in [-0.4, -0.2) is 47.9 Å². The number of carbonyl (C=O) groups excluding carboxylic acids is 3. The average Bonchev–Trinajstić information content (AvgIpc) is 2.81. The van der Waals surface area contributed by atoms with Gasteiger partial charge in [-0.15, -0.1) is 0 Å². The van der Waals surface area contributed by atoms with Crippen molar-refractivity contribution < 1.29 is 19.1 Å². The molecule has 0 bridgehead atoms. The summed E-state index contributed by atoms with van der Waals surface area (Å²) in [5, 5.41) is 2.88. The van der Waals surface area contributed by atoms with Crippen molar-refractivity contribution in [3.8, 4) is 0 Å². The molecule has 3 rings (SSSR count). The van der Waals surface area contributed by atoms with Crippen LogP contribution >= 0.6 is 0 Å². The van der Waals surface area contributed by atoms with Crippen LogP contribution in [0.5, 0.6) is 0 Å². The van der Waals surface area contributed by atoms with E-state index in [9.17, 15) is 14.4 Å². The highest BCUT2D eigenvalue weighted by Gasteiger charge is 2.26. The maximum Gasteiger partial charge on any atom is 0.410 e. The molecule has 6 nitrogen and oxygen atoms in total. The maximum atomic E-state index is 12.4. The lowest BCUT2D eigenvalue weighted by Crippen LogP contribution is -2.43. The topological polar surface area (TPSA) is 75.7 Å². The van der Waals surface area contributed by atoms with Crippen LogP contribution in [0.1, 0.15) is 87.6 Å². The first-order valence-corrected chi connectivity index (χ1v) is 12.3. The second-order valence-electron chi connectivity index (χ2n) is 10.3. The summed E-state index contributed by atoms with van der Waals surface area (Å²) >= 11 is 0. The quantitative estimate of drug-likeness (QED) is 0.471. The second-order valence-corrected chi connectivity index (χ2v) is 10.3. The summed E-state index contributed by atoms with van der Waals surface area (Å²) in [5.74, 6) is 0.493. The number of nitrogens with zero attached hydrogens (tertiary/aromatic N) is 1. The number of benzene rings is 1. The van der Waals surface area contributed by atoms with Crippen LogP contribution < -0.4 is 5.32 Å². The minimum atomic E-state index is -0.497. The predicted molar refractivity (Wildman–Crippen MR) is 129 cm³/mol. The Morgan fingerprint density at radius 2 is 1.61 bits per heavy atom. The fourth-order valence-corrected chi connectivity index (χ4v) is 4.55. The molecular formula is C27H38N2O4. The van der Waals surface area contributed by atoms with Gasteiger partial charge in [-0.1, -0.05) is 43.5 Å². The summed E-state index contributed by atoms with van der Waals surface area (Å²) in [4.78, 5) is 38.5. The van der Waals surface area contributed by atoms with Gasteiger partial charge in [0.1, 0.15) is 5.60 Å². The van der Waals surface area contributed by atoms with Crippen molar-refractivity contribution >= 4 is 17.8 Å². The first kappa shape index (κ1) is 25.0. The Balaban J connectivity index is 1.38. The third kappa shape index (κ3) is 8.02. The molecule has 1 saturated carbocycles. The number of nitrogens with one attached hydrogen (secondary N) is 1. The molecular weight excluding hydrogens is 416 g/mol. The fraction of sp³-hybridized carbons (Fsp3) is 0.593. The molecule has 2 fully saturated rings. The van der Waals surface area contributed by atoms with Gasteiger partial charge in [0.25, 0.3) is 0 Å². The zero-order valence-electron chi connectivity index (χ0n) is 20.3. The van der Waals surface area contributed by atoms with Crippen LogP contribution in [0, 0.1) is 5.92 Å². The zero-order chi connectivity index (χ0) is 23.8. The highest BCUT2D eigenvalue weighted by molar-refractivity contribution is 6.07. The Labute approximate surface area is 197 Å². The molecule has 0 radical (unpaired) electrons. The highest BCUT2D eigenvalue weighted by Crippen LogP contribution is 2.32. The van der Waals surface area contributed by atoms with Gasteiger partial charge in [-0.05, 0) is 69.9 Å². The summed E-state index contributed by atoms with van der Waals surface area (Å²) in [6.45, 7) is 7.37. The highest BCUT2D eigenvalue weighted by atomic mass is 16.6. The molecule has 1 saturated heterocycles. The maximum absolute atomic E-state index is 12.4. The summed E-state index contributed by atoms with van der Waals surface area (Å²) in [6.07, 6.45) is 10.4. The first-order valence-electron chi connectivity index (χ1n) is 12.3. The van der Waals surface area contributed by atoms with Crippen LogP contribution in [0.15, 0.2) is 36.4 Å². The van der Waals surface area contributed by atoms with Gasteiger partial charge in [0.15, 0.2) is 5.78 Å². The monoisotopic (exact) mass is 454 g/mol. The third-order valence-electron chi connectivity index (χ3n) is 6.49. The van der Waals surface area contributed by atoms with Crippen LogP contribution in [-0.2, 0) is 9.53 Å². The van der Waals surface area contributed by atoms with E-state index < -0.39 is 5.60 Å². The van der Waals surface area contributed by atoms with Gasteiger partial charge in [-0.2, -0.15) is 0 Å². The average molecular weight is 455 g/mol. The predicted octanol–water partition coefficient (Wildman–Crippen LogP) is 5.24. The van der Waals surface area contributed by atoms with Crippen LogP contribution in [0.3, 0.4) is 0 Å². The van der Waals surface area contributed by atoms with E-state index in [2.05, 4.69) is 17.4 Å². The van der Waals surface area contributed by atoms with Crippen LogP contribution in [0.4, 0.5) is 4.79 Å². The number of rotatable bonds is 6. The Hall–Kier alpha value is -2.63. The zero-order valence-corrected chi connectivity index (χ0v) is 20.3. The van der Waals surface area contributed by atoms with E-state index in [0.29, 0.717) is 37.0 Å². The Morgan fingerprint density at radius 1 is 0.970 bits per heavy atom. The van der Waals surface area contributed by atoms with Gasteiger partial charge in [-0.25, -0.2) is 4.79 Å². The number of ketones is 1. The molecule has 180 valence electrons. The van der Waals surface area contributed by atoms with E-state index in [4.69, 9.17) is 4.74 Å².